The van der Waals surface area contributed by atoms with Crippen LogP contribution in [0.1, 0.15) is 5.56 Å². The summed E-state index contributed by atoms with van der Waals surface area (Å²) < 4.78 is 11.0. The summed E-state index contributed by atoms with van der Waals surface area (Å²) in [6.45, 7) is 0.976. The number of ether oxygens (including phenoxy) is 2. The number of fused-ring (bicyclic) bond motifs is 1. The molecule has 1 N–H and O–H groups in total. The van der Waals surface area contributed by atoms with Gasteiger partial charge in [0, 0.05) is 31.5 Å². The first-order chi connectivity index (χ1) is 12.6. The molecule has 0 bridgehead atoms. The normalized spacial score (nSPS) is 12.9. The van der Waals surface area contributed by atoms with E-state index in [0.717, 1.165) is 11.3 Å². The summed E-state index contributed by atoms with van der Waals surface area (Å²) in [5.74, 6) is 0.753. The van der Waals surface area contributed by atoms with Crippen LogP contribution < -0.4 is 19.7 Å². The highest BCUT2D eigenvalue weighted by Gasteiger charge is 2.14. The van der Waals surface area contributed by atoms with E-state index in [1.807, 2.05) is 49.3 Å². The number of nitrogens with zero attached hydrogens (tertiary/aromatic N) is 2. The van der Waals surface area contributed by atoms with E-state index in [0.29, 0.717) is 30.4 Å². The van der Waals surface area contributed by atoms with Crippen molar-refractivity contribution in [2.45, 2.75) is 0 Å². The first kappa shape index (κ1) is 17.4. The molecule has 0 radical (unpaired) electrons. The van der Waals surface area contributed by atoms with Gasteiger partial charge in [0.05, 0.1) is 0 Å². The minimum Gasteiger partial charge on any atom is -0.486 e. The van der Waals surface area contributed by atoms with Gasteiger partial charge in [0.2, 0.25) is 0 Å². The molecule has 0 unspecified atom stereocenters. The highest BCUT2D eigenvalue weighted by atomic mass is 16.6. The van der Waals surface area contributed by atoms with Crippen LogP contribution in [0.3, 0.4) is 0 Å². The lowest BCUT2D eigenvalue weighted by Gasteiger charge is -2.18. The maximum atomic E-state index is 12.4. The van der Waals surface area contributed by atoms with E-state index in [-0.39, 0.29) is 5.57 Å². The molecule has 2 aromatic carbocycles. The molecule has 0 saturated carbocycles. The molecule has 1 aliphatic rings. The number of hydrogen-bond acceptors (Lipinski definition) is 5. The van der Waals surface area contributed by atoms with E-state index in [2.05, 4.69) is 5.32 Å². The molecule has 1 heterocycles. The molecule has 3 rings (SSSR count). The van der Waals surface area contributed by atoms with Crippen molar-refractivity contribution in [3.8, 4) is 17.6 Å². The van der Waals surface area contributed by atoms with E-state index in [1.54, 1.807) is 24.3 Å². The first-order valence-corrected chi connectivity index (χ1v) is 8.17. The Hall–Kier alpha value is -3.46. The van der Waals surface area contributed by atoms with Gasteiger partial charge in [0.1, 0.15) is 24.9 Å². The topological polar surface area (TPSA) is 74.6 Å². The van der Waals surface area contributed by atoms with Crippen LogP contribution >= 0.6 is 0 Å². The average molecular weight is 349 g/mol. The predicted molar refractivity (Wildman–Crippen MR) is 100 cm³/mol. The quantitative estimate of drug-likeness (QED) is 0.678. The number of hydrogen-bond donors (Lipinski definition) is 1. The molecule has 132 valence electrons. The van der Waals surface area contributed by atoms with Crippen molar-refractivity contribution < 1.29 is 14.3 Å². The van der Waals surface area contributed by atoms with E-state index < -0.39 is 5.91 Å². The molecule has 0 saturated heterocycles. The van der Waals surface area contributed by atoms with Crippen LogP contribution in [-0.4, -0.2) is 33.2 Å². The Morgan fingerprint density at radius 2 is 1.81 bits per heavy atom. The number of carbonyl (C=O) groups excluding carboxylic acids is 1. The van der Waals surface area contributed by atoms with Gasteiger partial charge in [-0.15, -0.1) is 0 Å². The number of nitriles is 1. The number of rotatable bonds is 4. The molecule has 0 aliphatic carbocycles. The molecule has 1 aliphatic heterocycles. The third-order valence-electron chi connectivity index (χ3n) is 3.89. The minimum atomic E-state index is -0.471. The summed E-state index contributed by atoms with van der Waals surface area (Å²) in [5.41, 5.74) is 2.40. The second-order valence-electron chi connectivity index (χ2n) is 5.97. The van der Waals surface area contributed by atoms with Crippen molar-refractivity contribution in [3.05, 3.63) is 53.6 Å². The SMILES string of the molecule is CN(C)c1ccc(/C=C(\C#N)C(=O)Nc2ccc3c(c2)OCCO3)cc1. The summed E-state index contributed by atoms with van der Waals surface area (Å²) >= 11 is 0. The fourth-order valence-corrected chi connectivity index (χ4v) is 2.50. The van der Waals surface area contributed by atoms with Gasteiger partial charge in [-0.3, -0.25) is 4.79 Å². The molecular weight excluding hydrogens is 330 g/mol. The Balaban J connectivity index is 1.75. The lowest BCUT2D eigenvalue weighted by atomic mass is 10.1. The molecule has 6 nitrogen and oxygen atoms in total. The van der Waals surface area contributed by atoms with Crippen LogP contribution in [0.25, 0.3) is 6.08 Å². The van der Waals surface area contributed by atoms with Crippen LogP contribution in [0.2, 0.25) is 0 Å². The summed E-state index contributed by atoms with van der Waals surface area (Å²) in [6, 6.07) is 14.7. The minimum absolute atomic E-state index is 0.0255. The van der Waals surface area contributed by atoms with Crippen LogP contribution in [-0.2, 0) is 4.79 Å². The number of amides is 1. The second kappa shape index (κ2) is 7.62. The first-order valence-electron chi connectivity index (χ1n) is 8.17. The number of carbonyl (C=O) groups is 1. The average Bonchev–Trinajstić information content (AvgIpc) is 2.66. The van der Waals surface area contributed by atoms with Gasteiger partial charge in [0.25, 0.3) is 5.91 Å². The van der Waals surface area contributed by atoms with Gasteiger partial charge in [-0.25, -0.2) is 0 Å². The Bertz CT molecular complexity index is 880. The number of nitrogens with one attached hydrogen (secondary N) is 1. The molecule has 0 atom stereocenters. The van der Waals surface area contributed by atoms with Crippen molar-refractivity contribution in [2.24, 2.45) is 0 Å². The molecule has 0 fully saturated rings. The standard InChI is InChI=1S/C20H19N3O3/c1-23(2)17-6-3-14(4-7-17)11-15(13-21)20(24)22-16-5-8-18-19(12-16)26-10-9-25-18/h3-8,11-12H,9-10H2,1-2H3,(H,22,24)/b15-11+. The monoisotopic (exact) mass is 349 g/mol. The summed E-state index contributed by atoms with van der Waals surface area (Å²) in [6.07, 6.45) is 1.56. The van der Waals surface area contributed by atoms with Crippen molar-refractivity contribution >= 4 is 23.4 Å². The van der Waals surface area contributed by atoms with E-state index in [9.17, 15) is 10.1 Å². The number of benzene rings is 2. The zero-order valence-corrected chi connectivity index (χ0v) is 14.7. The predicted octanol–water partition coefficient (Wildman–Crippen LogP) is 3.07. The lowest BCUT2D eigenvalue weighted by molar-refractivity contribution is -0.112. The highest BCUT2D eigenvalue weighted by Crippen LogP contribution is 2.32. The van der Waals surface area contributed by atoms with Gasteiger partial charge in [0.15, 0.2) is 11.5 Å². The second-order valence-corrected chi connectivity index (χ2v) is 5.97. The van der Waals surface area contributed by atoms with Gasteiger partial charge in [-0.05, 0) is 35.9 Å². The zero-order valence-electron chi connectivity index (χ0n) is 14.7. The number of anilines is 2. The maximum absolute atomic E-state index is 12.4. The fraction of sp³-hybridized carbons (Fsp3) is 0.200. The van der Waals surface area contributed by atoms with Gasteiger partial charge < -0.3 is 19.7 Å². The molecule has 1 amide bonds. The van der Waals surface area contributed by atoms with Crippen molar-refractivity contribution in [2.75, 3.05) is 37.5 Å². The molecular formula is C20H19N3O3. The Kier molecular flexibility index (Phi) is 5.09. The third kappa shape index (κ3) is 3.95. The zero-order chi connectivity index (χ0) is 18.5. The van der Waals surface area contributed by atoms with Crippen LogP contribution in [0, 0.1) is 11.3 Å². The highest BCUT2D eigenvalue weighted by molar-refractivity contribution is 6.09. The summed E-state index contributed by atoms with van der Waals surface area (Å²) in [7, 11) is 3.90. The molecule has 0 aromatic heterocycles. The Morgan fingerprint density at radius 1 is 1.12 bits per heavy atom. The van der Waals surface area contributed by atoms with Gasteiger partial charge >= 0.3 is 0 Å². The molecule has 6 heteroatoms. The summed E-state index contributed by atoms with van der Waals surface area (Å²) in [4.78, 5) is 14.4. The fourth-order valence-electron chi connectivity index (χ4n) is 2.50. The van der Waals surface area contributed by atoms with E-state index in [1.165, 1.54) is 0 Å². The van der Waals surface area contributed by atoms with Gasteiger partial charge in [-0.2, -0.15) is 5.26 Å². The lowest BCUT2D eigenvalue weighted by Crippen LogP contribution is -2.17. The van der Waals surface area contributed by atoms with Gasteiger partial charge in [-0.1, -0.05) is 12.1 Å². The van der Waals surface area contributed by atoms with Crippen LogP contribution in [0.4, 0.5) is 11.4 Å². The Labute approximate surface area is 152 Å². The Morgan fingerprint density at radius 3 is 2.46 bits per heavy atom. The maximum Gasteiger partial charge on any atom is 0.266 e. The summed E-state index contributed by atoms with van der Waals surface area (Å²) in [5, 5.41) is 12.1. The third-order valence-corrected chi connectivity index (χ3v) is 3.89. The van der Waals surface area contributed by atoms with E-state index >= 15 is 0 Å². The largest absolute Gasteiger partial charge is 0.486 e. The van der Waals surface area contributed by atoms with Crippen LogP contribution in [0.5, 0.6) is 11.5 Å². The van der Waals surface area contributed by atoms with Crippen molar-refractivity contribution in [1.29, 1.82) is 5.26 Å². The molecule has 2 aromatic rings. The molecule has 0 spiro atoms. The van der Waals surface area contributed by atoms with E-state index in [4.69, 9.17) is 9.47 Å². The van der Waals surface area contributed by atoms with Crippen molar-refractivity contribution in [3.63, 3.8) is 0 Å². The van der Waals surface area contributed by atoms with Crippen molar-refractivity contribution in [1.82, 2.24) is 0 Å². The van der Waals surface area contributed by atoms with Crippen LogP contribution in [0.15, 0.2) is 48.0 Å². The molecule has 26 heavy (non-hydrogen) atoms. The smallest absolute Gasteiger partial charge is 0.266 e.